The Morgan fingerprint density at radius 3 is 2.46 bits per heavy atom. The van der Waals surface area contributed by atoms with E-state index in [0.29, 0.717) is 12.5 Å². The maximum Gasteiger partial charge on any atom is 0.416 e. The van der Waals surface area contributed by atoms with Crippen molar-refractivity contribution in [3.05, 3.63) is 53.6 Å². The molecule has 142 valence electrons. The molecule has 1 heterocycles. The highest BCUT2D eigenvalue weighted by molar-refractivity contribution is 5.79. The molecule has 0 fully saturated rings. The number of aliphatic imine (C=N–C) groups is 1. The highest BCUT2D eigenvalue weighted by Gasteiger charge is 2.29. The molecule has 0 saturated carbocycles. The van der Waals surface area contributed by atoms with Crippen molar-refractivity contribution >= 4 is 5.96 Å². The summed E-state index contributed by atoms with van der Waals surface area (Å²) in [5, 5.41) is 6.30. The first-order chi connectivity index (χ1) is 12.4. The van der Waals surface area contributed by atoms with E-state index in [9.17, 15) is 13.2 Å². The fourth-order valence-corrected chi connectivity index (χ4v) is 2.47. The van der Waals surface area contributed by atoms with Gasteiger partial charge in [-0.2, -0.15) is 13.2 Å². The molecule has 0 amide bonds. The lowest BCUT2D eigenvalue weighted by atomic mass is 10.1. The zero-order valence-electron chi connectivity index (χ0n) is 15.0. The summed E-state index contributed by atoms with van der Waals surface area (Å²) in [4.78, 5) is 8.31. The van der Waals surface area contributed by atoms with E-state index in [4.69, 9.17) is 0 Å². The molecular weight excluding hydrogens is 343 g/mol. The molecule has 0 radical (unpaired) electrons. The average molecular weight is 367 g/mol. The predicted molar refractivity (Wildman–Crippen MR) is 95.8 cm³/mol. The Balaban J connectivity index is 1.68. The number of nitrogens with one attached hydrogen (secondary N) is 2. The Hall–Kier alpha value is -2.51. The van der Waals surface area contributed by atoms with E-state index in [1.807, 2.05) is 13.1 Å². The number of nitrogens with zero attached hydrogens (tertiary/aromatic N) is 3. The van der Waals surface area contributed by atoms with Crippen LogP contribution in [0.3, 0.4) is 0 Å². The van der Waals surface area contributed by atoms with E-state index in [1.165, 1.54) is 12.1 Å². The smallest absolute Gasteiger partial charge is 0.356 e. The van der Waals surface area contributed by atoms with Gasteiger partial charge in [0.05, 0.1) is 5.56 Å². The van der Waals surface area contributed by atoms with Gasteiger partial charge in [-0.1, -0.05) is 12.1 Å². The molecular formula is C18H24F3N5. The van der Waals surface area contributed by atoms with Crippen molar-refractivity contribution in [1.82, 2.24) is 20.2 Å². The van der Waals surface area contributed by atoms with Crippen molar-refractivity contribution in [3.8, 4) is 0 Å². The molecule has 0 atom stereocenters. The van der Waals surface area contributed by atoms with Gasteiger partial charge in [-0.3, -0.25) is 4.99 Å². The van der Waals surface area contributed by atoms with E-state index in [0.717, 1.165) is 49.5 Å². The minimum Gasteiger partial charge on any atom is -0.356 e. The van der Waals surface area contributed by atoms with Crippen LogP contribution in [0.1, 0.15) is 29.8 Å². The average Bonchev–Trinajstić information content (AvgIpc) is 3.02. The van der Waals surface area contributed by atoms with Gasteiger partial charge in [0.25, 0.3) is 0 Å². The highest BCUT2D eigenvalue weighted by atomic mass is 19.4. The number of rotatable bonds is 7. The van der Waals surface area contributed by atoms with Crippen LogP contribution >= 0.6 is 0 Å². The van der Waals surface area contributed by atoms with Gasteiger partial charge in [-0.15, -0.1) is 0 Å². The van der Waals surface area contributed by atoms with Crippen LogP contribution in [0.4, 0.5) is 13.2 Å². The first-order valence-corrected chi connectivity index (χ1v) is 8.48. The standard InChI is InChI=1S/C18H24F3N5/c1-14-23-10-12-26(14)11-4-3-9-24-17(22-2)25-13-15-5-7-16(8-6-15)18(19,20)21/h5-8,10,12H,3-4,9,11,13H2,1-2H3,(H2,22,24,25). The van der Waals surface area contributed by atoms with Gasteiger partial charge in [0.1, 0.15) is 5.82 Å². The maximum absolute atomic E-state index is 12.6. The first-order valence-electron chi connectivity index (χ1n) is 8.48. The van der Waals surface area contributed by atoms with Gasteiger partial charge in [-0.05, 0) is 37.5 Å². The SMILES string of the molecule is CN=C(NCCCCn1ccnc1C)NCc1ccc(C(F)(F)F)cc1. The van der Waals surface area contributed by atoms with Crippen LogP contribution in [0.15, 0.2) is 41.7 Å². The third-order valence-corrected chi connectivity index (χ3v) is 4.01. The van der Waals surface area contributed by atoms with Crippen LogP contribution in [0.25, 0.3) is 0 Å². The second-order valence-corrected chi connectivity index (χ2v) is 5.92. The number of aryl methyl sites for hydroxylation is 2. The number of benzene rings is 1. The van der Waals surface area contributed by atoms with E-state index in [1.54, 1.807) is 13.2 Å². The lowest BCUT2D eigenvalue weighted by Crippen LogP contribution is -2.37. The summed E-state index contributed by atoms with van der Waals surface area (Å²) >= 11 is 0. The molecule has 1 aromatic heterocycles. The number of aromatic nitrogens is 2. The second-order valence-electron chi connectivity index (χ2n) is 5.92. The largest absolute Gasteiger partial charge is 0.416 e. The Morgan fingerprint density at radius 2 is 1.88 bits per heavy atom. The number of imidazole rings is 1. The second kappa shape index (κ2) is 9.26. The molecule has 0 aliphatic carbocycles. The topological polar surface area (TPSA) is 54.2 Å². The molecule has 0 aliphatic rings. The van der Waals surface area contributed by atoms with Crippen molar-refractivity contribution in [2.75, 3.05) is 13.6 Å². The van der Waals surface area contributed by atoms with Gasteiger partial charge < -0.3 is 15.2 Å². The van der Waals surface area contributed by atoms with E-state index >= 15 is 0 Å². The van der Waals surface area contributed by atoms with Crippen LogP contribution in [-0.4, -0.2) is 29.1 Å². The zero-order valence-corrected chi connectivity index (χ0v) is 15.0. The highest BCUT2D eigenvalue weighted by Crippen LogP contribution is 2.28. The molecule has 2 aromatic rings. The third kappa shape index (κ3) is 6.09. The quantitative estimate of drug-likeness (QED) is 0.448. The Morgan fingerprint density at radius 1 is 1.15 bits per heavy atom. The molecule has 26 heavy (non-hydrogen) atoms. The Labute approximate surface area is 151 Å². The lowest BCUT2D eigenvalue weighted by Gasteiger charge is -2.13. The van der Waals surface area contributed by atoms with Gasteiger partial charge in [0.15, 0.2) is 5.96 Å². The number of halogens is 3. The molecule has 0 aliphatic heterocycles. The normalized spacial score (nSPS) is 12.3. The molecule has 0 spiro atoms. The molecule has 5 nitrogen and oxygen atoms in total. The van der Waals surface area contributed by atoms with Crippen LogP contribution in [-0.2, 0) is 19.3 Å². The number of hydrogen-bond acceptors (Lipinski definition) is 2. The summed E-state index contributed by atoms with van der Waals surface area (Å²) < 4.78 is 39.8. The van der Waals surface area contributed by atoms with E-state index in [-0.39, 0.29) is 0 Å². The van der Waals surface area contributed by atoms with Crippen molar-refractivity contribution in [3.63, 3.8) is 0 Å². The Kier molecular flexibility index (Phi) is 7.06. The van der Waals surface area contributed by atoms with E-state index in [2.05, 4.69) is 25.2 Å². The number of alkyl halides is 3. The maximum atomic E-state index is 12.6. The molecule has 1 aromatic carbocycles. The fraction of sp³-hybridized carbons (Fsp3) is 0.444. The van der Waals surface area contributed by atoms with Crippen LogP contribution in [0, 0.1) is 6.92 Å². The predicted octanol–water partition coefficient (Wildman–Crippen LogP) is 3.36. The molecule has 0 saturated heterocycles. The summed E-state index contributed by atoms with van der Waals surface area (Å²) in [6, 6.07) is 5.11. The number of guanidine groups is 1. The molecule has 0 bridgehead atoms. The monoisotopic (exact) mass is 367 g/mol. The summed E-state index contributed by atoms with van der Waals surface area (Å²) in [6.07, 6.45) is 1.44. The summed E-state index contributed by atoms with van der Waals surface area (Å²) in [5.41, 5.74) is 0.119. The minimum absolute atomic E-state index is 0.409. The Bertz CT molecular complexity index is 704. The first kappa shape index (κ1) is 19.8. The fourth-order valence-electron chi connectivity index (χ4n) is 2.47. The lowest BCUT2D eigenvalue weighted by molar-refractivity contribution is -0.137. The molecule has 0 unspecified atom stereocenters. The van der Waals surface area contributed by atoms with Gasteiger partial charge in [0, 0.05) is 39.1 Å². The van der Waals surface area contributed by atoms with Gasteiger partial charge in [-0.25, -0.2) is 4.98 Å². The van der Waals surface area contributed by atoms with Gasteiger partial charge >= 0.3 is 6.18 Å². The summed E-state index contributed by atoms with van der Waals surface area (Å²) in [5.74, 6) is 1.63. The van der Waals surface area contributed by atoms with Crippen molar-refractivity contribution in [2.24, 2.45) is 4.99 Å². The minimum atomic E-state index is -4.31. The van der Waals surface area contributed by atoms with Crippen LogP contribution in [0.2, 0.25) is 0 Å². The van der Waals surface area contributed by atoms with Crippen LogP contribution < -0.4 is 10.6 Å². The molecule has 2 N–H and O–H groups in total. The van der Waals surface area contributed by atoms with Crippen molar-refractivity contribution in [2.45, 2.75) is 39.0 Å². The number of unbranched alkanes of at least 4 members (excludes halogenated alkanes) is 1. The zero-order chi connectivity index (χ0) is 19.0. The van der Waals surface area contributed by atoms with Crippen molar-refractivity contribution in [1.29, 1.82) is 0 Å². The third-order valence-electron chi connectivity index (χ3n) is 4.01. The van der Waals surface area contributed by atoms with Gasteiger partial charge in [0.2, 0.25) is 0 Å². The summed E-state index contributed by atoms with van der Waals surface area (Å²) in [7, 11) is 1.66. The van der Waals surface area contributed by atoms with Crippen LogP contribution in [0.5, 0.6) is 0 Å². The molecule has 2 rings (SSSR count). The summed E-state index contributed by atoms with van der Waals surface area (Å²) in [6.45, 7) is 4.07. The molecule has 8 heteroatoms. The van der Waals surface area contributed by atoms with Crippen molar-refractivity contribution < 1.29 is 13.2 Å². The number of hydrogen-bond donors (Lipinski definition) is 2. The van der Waals surface area contributed by atoms with E-state index < -0.39 is 11.7 Å².